The molecule has 0 bridgehead atoms. The van der Waals surface area contributed by atoms with Crippen LogP contribution in [0.2, 0.25) is 0 Å². The molecule has 4 nitrogen and oxygen atoms in total. The Morgan fingerprint density at radius 3 is 2.19 bits per heavy atom. The van der Waals surface area contributed by atoms with Gasteiger partial charge in [-0.1, -0.05) is 93.1 Å². The molecule has 1 N–H and O–H groups in total. The third-order valence-corrected chi connectivity index (χ3v) is 7.48. The smallest absolute Gasteiger partial charge is 0.224 e. The van der Waals surface area contributed by atoms with Crippen LogP contribution in [-0.2, 0) is 15.0 Å². The first-order valence-corrected chi connectivity index (χ1v) is 12.7. The highest BCUT2D eigenvalue weighted by atomic mass is 16.2. The fourth-order valence-electron chi connectivity index (χ4n) is 5.52. The number of ketones is 1. The third-order valence-electron chi connectivity index (χ3n) is 7.48. The van der Waals surface area contributed by atoms with E-state index in [-0.39, 0.29) is 23.0 Å². The minimum absolute atomic E-state index is 0.0139. The highest BCUT2D eigenvalue weighted by molar-refractivity contribution is 6.00. The van der Waals surface area contributed by atoms with E-state index in [0.29, 0.717) is 6.42 Å². The van der Waals surface area contributed by atoms with Crippen LogP contribution in [0.25, 0.3) is 0 Å². The zero-order chi connectivity index (χ0) is 25.6. The molecule has 3 aromatic carbocycles. The number of allylic oxidation sites excluding steroid dienone is 1. The lowest BCUT2D eigenvalue weighted by Crippen LogP contribution is -2.41. The molecule has 1 aliphatic heterocycles. The van der Waals surface area contributed by atoms with Gasteiger partial charge in [0.2, 0.25) is 5.91 Å². The summed E-state index contributed by atoms with van der Waals surface area (Å²) in [7, 11) is 0. The zero-order valence-electron chi connectivity index (χ0n) is 21.7. The maximum atomic E-state index is 13.9. The van der Waals surface area contributed by atoms with Gasteiger partial charge in [-0.05, 0) is 41.2 Å². The maximum absolute atomic E-state index is 13.9. The van der Waals surface area contributed by atoms with E-state index in [1.807, 2.05) is 55.5 Å². The molecule has 184 valence electrons. The number of carbonyl (C=O) groups is 2. The van der Waals surface area contributed by atoms with Crippen molar-refractivity contribution >= 4 is 23.1 Å². The molecule has 5 rings (SSSR count). The van der Waals surface area contributed by atoms with E-state index in [9.17, 15) is 9.59 Å². The number of hydrogen-bond donors (Lipinski definition) is 1. The van der Waals surface area contributed by atoms with Gasteiger partial charge in [0.1, 0.15) is 5.78 Å². The number of hydrogen-bond acceptors (Lipinski definition) is 3. The van der Waals surface area contributed by atoms with Gasteiger partial charge in [-0.3, -0.25) is 9.59 Å². The number of rotatable bonds is 2. The Kier molecular flexibility index (Phi) is 6.07. The van der Waals surface area contributed by atoms with E-state index < -0.39 is 12.0 Å². The van der Waals surface area contributed by atoms with Gasteiger partial charge >= 0.3 is 0 Å². The Hall–Kier alpha value is -3.66. The summed E-state index contributed by atoms with van der Waals surface area (Å²) < 4.78 is 0. The van der Waals surface area contributed by atoms with Crippen LogP contribution in [-0.4, -0.2) is 11.7 Å². The van der Waals surface area contributed by atoms with Crippen molar-refractivity contribution in [1.29, 1.82) is 0 Å². The van der Waals surface area contributed by atoms with Crippen molar-refractivity contribution < 1.29 is 9.59 Å². The minimum atomic E-state index is -0.464. The van der Waals surface area contributed by atoms with Crippen molar-refractivity contribution in [2.24, 2.45) is 5.92 Å². The van der Waals surface area contributed by atoms with E-state index in [1.54, 1.807) is 11.8 Å². The molecule has 4 heteroatoms. The van der Waals surface area contributed by atoms with Crippen molar-refractivity contribution in [3.05, 3.63) is 107 Å². The van der Waals surface area contributed by atoms with Gasteiger partial charge in [-0.15, -0.1) is 0 Å². The van der Waals surface area contributed by atoms with Crippen molar-refractivity contribution in [2.75, 3.05) is 10.2 Å². The second-order valence-corrected chi connectivity index (χ2v) is 11.1. The topological polar surface area (TPSA) is 49.4 Å². The molecule has 0 fully saturated rings. The molecule has 36 heavy (non-hydrogen) atoms. The van der Waals surface area contributed by atoms with Crippen LogP contribution in [0.5, 0.6) is 0 Å². The molecule has 3 aromatic rings. The predicted molar refractivity (Wildman–Crippen MR) is 146 cm³/mol. The van der Waals surface area contributed by atoms with Crippen molar-refractivity contribution in [3.63, 3.8) is 0 Å². The monoisotopic (exact) mass is 478 g/mol. The van der Waals surface area contributed by atoms with Gasteiger partial charge in [0.15, 0.2) is 0 Å². The number of amides is 1. The van der Waals surface area contributed by atoms with Crippen LogP contribution in [0.1, 0.15) is 68.3 Å². The molecular formula is C32H34N2O2. The Balaban J connectivity index is 1.64. The quantitative estimate of drug-likeness (QED) is 0.429. The number of nitrogens with one attached hydrogen (secondary N) is 1. The van der Waals surface area contributed by atoms with Crippen molar-refractivity contribution in [1.82, 2.24) is 0 Å². The van der Waals surface area contributed by atoms with Gasteiger partial charge in [-0.25, -0.2) is 0 Å². The van der Waals surface area contributed by atoms with E-state index in [4.69, 9.17) is 0 Å². The Labute approximate surface area is 214 Å². The van der Waals surface area contributed by atoms with Crippen LogP contribution in [0, 0.1) is 12.8 Å². The number of nitrogens with zero attached hydrogens (tertiary/aromatic N) is 1. The number of fused-ring (bicyclic) bond motifs is 2. The van der Waals surface area contributed by atoms with Gasteiger partial charge in [-0.2, -0.15) is 0 Å². The Morgan fingerprint density at radius 1 is 0.917 bits per heavy atom. The van der Waals surface area contributed by atoms with Crippen LogP contribution >= 0.6 is 0 Å². The normalized spacial score (nSPS) is 21.6. The summed E-state index contributed by atoms with van der Waals surface area (Å²) in [4.78, 5) is 28.9. The average Bonchev–Trinajstić information content (AvgIpc) is 2.99. The summed E-state index contributed by atoms with van der Waals surface area (Å²) >= 11 is 0. The van der Waals surface area contributed by atoms with Crippen LogP contribution in [0.3, 0.4) is 0 Å². The molecule has 0 aromatic heterocycles. The van der Waals surface area contributed by atoms with E-state index in [2.05, 4.69) is 56.4 Å². The van der Waals surface area contributed by atoms with Gasteiger partial charge in [0.05, 0.1) is 23.3 Å². The third kappa shape index (κ3) is 4.37. The molecule has 1 aliphatic carbocycles. The highest BCUT2D eigenvalue weighted by Gasteiger charge is 2.44. The molecule has 2 aliphatic rings. The van der Waals surface area contributed by atoms with Crippen molar-refractivity contribution in [3.8, 4) is 0 Å². The standard InChI is InChI=1S/C32H34N2O2/c1-20-10-12-23(13-11-20)31-30-27(33-26-8-6-7-9-28(26)34(31)21(2)35)18-24(19-29(30)36)22-14-16-25(17-15-22)32(3,4)5/h6-18,24,30-31,33H,19H2,1-5H3/t24-,30-,31+/m1/s1. The van der Waals surface area contributed by atoms with Gasteiger partial charge in [0.25, 0.3) is 0 Å². The lowest BCUT2D eigenvalue weighted by atomic mass is 9.75. The first-order valence-electron chi connectivity index (χ1n) is 12.7. The predicted octanol–water partition coefficient (Wildman–Crippen LogP) is 7.07. The molecule has 3 atom stereocenters. The molecule has 0 saturated carbocycles. The molecule has 0 saturated heterocycles. The van der Waals surface area contributed by atoms with Crippen LogP contribution < -0.4 is 10.2 Å². The minimum Gasteiger partial charge on any atom is -0.357 e. The summed E-state index contributed by atoms with van der Waals surface area (Å²) in [6.45, 7) is 10.2. The summed E-state index contributed by atoms with van der Waals surface area (Å²) in [5.41, 5.74) is 7.11. The number of benzene rings is 3. The first kappa shape index (κ1) is 24.1. The molecule has 1 heterocycles. The fraction of sp³-hybridized carbons (Fsp3) is 0.312. The zero-order valence-corrected chi connectivity index (χ0v) is 21.7. The Bertz CT molecular complexity index is 1330. The molecule has 0 unspecified atom stereocenters. The van der Waals surface area contributed by atoms with E-state index in [1.165, 1.54) is 5.56 Å². The van der Waals surface area contributed by atoms with Gasteiger partial charge < -0.3 is 10.2 Å². The molecule has 1 amide bonds. The number of carbonyl (C=O) groups excluding carboxylic acids is 2. The number of anilines is 2. The van der Waals surface area contributed by atoms with E-state index in [0.717, 1.165) is 33.8 Å². The van der Waals surface area contributed by atoms with Crippen LogP contribution in [0.15, 0.2) is 84.6 Å². The lowest BCUT2D eigenvalue weighted by molar-refractivity contribution is -0.123. The summed E-state index contributed by atoms with van der Waals surface area (Å²) in [5.74, 6) is -0.410. The number of para-hydroxylation sites is 2. The van der Waals surface area contributed by atoms with Crippen LogP contribution in [0.4, 0.5) is 11.4 Å². The number of aryl methyl sites for hydroxylation is 1. The maximum Gasteiger partial charge on any atom is 0.224 e. The largest absolute Gasteiger partial charge is 0.357 e. The highest BCUT2D eigenvalue weighted by Crippen LogP contribution is 2.47. The van der Waals surface area contributed by atoms with Gasteiger partial charge in [0, 0.05) is 25.0 Å². The average molecular weight is 479 g/mol. The fourth-order valence-corrected chi connectivity index (χ4v) is 5.52. The second-order valence-electron chi connectivity index (χ2n) is 11.1. The summed E-state index contributed by atoms with van der Waals surface area (Å²) in [6.07, 6.45) is 2.62. The summed E-state index contributed by atoms with van der Waals surface area (Å²) in [6, 6.07) is 24.3. The SMILES string of the molecule is CC(=O)N1c2ccccc2NC2=C[C@@H](c3ccc(C(C)(C)C)cc3)CC(=O)[C@@H]2[C@@H]1c1ccc(C)cc1. The molecular weight excluding hydrogens is 444 g/mol. The summed E-state index contributed by atoms with van der Waals surface area (Å²) in [5, 5.41) is 3.57. The second kappa shape index (κ2) is 9.09. The number of Topliss-reactive ketones (excluding diaryl/α,β-unsaturated/α-hetero) is 1. The molecule has 0 spiro atoms. The Morgan fingerprint density at radius 2 is 1.56 bits per heavy atom. The molecule has 0 radical (unpaired) electrons. The lowest BCUT2D eigenvalue weighted by Gasteiger charge is -2.37. The van der Waals surface area contributed by atoms with Crippen molar-refractivity contribution in [2.45, 2.75) is 58.4 Å². The van der Waals surface area contributed by atoms with E-state index >= 15 is 0 Å². The first-order chi connectivity index (χ1) is 17.1.